The van der Waals surface area contributed by atoms with E-state index in [2.05, 4.69) is 10.5 Å². The third-order valence-corrected chi connectivity index (χ3v) is 3.17. The molecule has 0 fully saturated rings. The maximum atomic E-state index is 12.0. The molecule has 0 heterocycles. The van der Waals surface area contributed by atoms with Crippen molar-refractivity contribution in [3.8, 4) is 17.2 Å². The Balaban J connectivity index is 1.94. The monoisotopic (exact) mass is 328 g/mol. The second-order valence-corrected chi connectivity index (χ2v) is 5.00. The van der Waals surface area contributed by atoms with Gasteiger partial charge in [0.1, 0.15) is 5.75 Å². The lowest BCUT2D eigenvalue weighted by molar-refractivity contribution is 0.0955. The van der Waals surface area contributed by atoms with Crippen LogP contribution in [0.4, 0.5) is 0 Å². The van der Waals surface area contributed by atoms with Crippen LogP contribution in [0, 0.1) is 0 Å². The lowest BCUT2D eigenvalue weighted by Gasteiger charge is -2.05. The molecule has 0 aliphatic rings. The van der Waals surface area contributed by atoms with Gasteiger partial charge in [0.25, 0.3) is 5.91 Å². The minimum atomic E-state index is -0.320. The molecule has 6 heteroatoms. The maximum Gasteiger partial charge on any atom is 0.271 e. The molecule has 0 atom stereocenters. The molecule has 0 spiro atoms. The molecule has 2 rings (SSSR count). The third-order valence-electron chi connectivity index (χ3n) is 3.17. The van der Waals surface area contributed by atoms with E-state index in [4.69, 9.17) is 9.47 Å². The molecule has 0 saturated heterocycles. The maximum absolute atomic E-state index is 12.0. The molecule has 0 aliphatic carbocycles. The molecule has 24 heavy (non-hydrogen) atoms. The van der Waals surface area contributed by atoms with Crippen molar-refractivity contribution in [3.63, 3.8) is 0 Å². The summed E-state index contributed by atoms with van der Waals surface area (Å²) in [6, 6.07) is 11.6. The Hall–Kier alpha value is -3.02. The first-order valence-corrected chi connectivity index (χ1v) is 7.57. The van der Waals surface area contributed by atoms with Crippen molar-refractivity contribution in [2.24, 2.45) is 5.10 Å². The van der Waals surface area contributed by atoms with E-state index in [1.54, 1.807) is 36.4 Å². The van der Waals surface area contributed by atoms with Crippen LogP contribution in [0.5, 0.6) is 17.2 Å². The smallest absolute Gasteiger partial charge is 0.271 e. The van der Waals surface area contributed by atoms with E-state index >= 15 is 0 Å². The number of benzene rings is 2. The van der Waals surface area contributed by atoms with E-state index in [1.807, 2.05) is 6.92 Å². The fourth-order valence-corrected chi connectivity index (χ4v) is 1.93. The highest BCUT2D eigenvalue weighted by Gasteiger charge is 2.05. The fraction of sp³-hybridized carbons (Fsp3) is 0.222. The largest absolute Gasteiger partial charge is 0.504 e. The number of carbonyl (C=O) groups is 1. The van der Waals surface area contributed by atoms with Gasteiger partial charge in [-0.15, -0.1) is 0 Å². The summed E-state index contributed by atoms with van der Waals surface area (Å²) in [5.41, 5.74) is 3.62. The molecule has 1 amide bonds. The molecular weight excluding hydrogens is 308 g/mol. The van der Waals surface area contributed by atoms with Crippen LogP contribution in [0.1, 0.15) is 29.3 Å². The summed E-state index contributed by atoms with van der Waals surface area (Å²) in [6.45, 7) is 2.68. The van der Waals surface area contributed by atoms with E-state index in [9.17, 15) is 9.90 Å². The molecule has 6 nitrogen and oxygen atoms in total. The minimum Gasteiger partial charge on any atom is -0.504 e. The number of nitrogens with one attached hydrogen (secondary N) is 1. The molecule has 2 aromatic carbocycles. The summed E-state index contributed by atoms with van der Waals surface area (Å²) in [5, 5.41) is 13.4. The Bertz CT molecular complexity index is 711. The first kappa shape index (κ1) is 17.3. The normalized spacial score (nSPS) is 10.6. The zero-order chi connectivity index (χ0) is 17.4. The summed E-state index contributed by atoms with van der Waals surface area (Å²) in [7, 11) is 1.46. The van der Waals surface area contributed by atoms with Gasteiger partial charge in [-0.05, 0) is 54.4 Å². The van der Waals surface area contributed by atoms with E-state index in [0.717, 1.165) is 12.2 Å². The number of methoxy groups -OCH3 is 1. The van der Waals surface area contributed by atoms with Crippen LogP contribution in [0.2, 0.25) is 0 Å². The van der Waals surface area contributed by atoms with Gasteiger partial charge in [0.2, 0.25) is 0 Å². The van der Waals surface area contributed by atoms with E-state index in [1.165, 1.54) is 19.4 Å². The Morgan fingerprint density at radius 1 is 1.25 bits per heavy atom. The minimum absolute atomic E-state index is 0.0454. The average Bonchev–Trinajstić information content (AvgIpc) is 2.61. The summed E-state index contributed by atoms with van der Waals surface area (Å²) in [6.07, 6.45) is 2.40. The molecule has 0 bridgehead atoms. The molecule has 0 radical (unpaired) electrons. The quantitative estimate of drug-likeness (QED) is 0.605. The van der Waals surface area contributed by atoms with Crippen molar-refractivity contribution in [2.75, 3.05) is 13.7 Å². The Morgan fingerprint density at radius 3 is 2.67 bits per heavy atom. The van der Waals surface area contributed by atoms with Crippen LogP contribution < -0.4 is 14.9 Å². The molecule has 2 N–H and O–H groups in total. The molecule has 0 aromatic heterocycles. The number of aromatic hydroxyl groups is 1. The third kappa shape index (κ3) is 4.74. The molecule has 0 saturated carbocycles. The first-order valence-electron chi connectivity index (χ1n) is 7.57. The highest BCUT2D eigenvalue weighted by atomic mass is 16.5. The predicted octanol–water partition coefficient (Wildman–Crippen LogP) is 2.95. The van der Waals surface area contributed by atoms with Crippen LogP contribution in [0.3, 0.4) is 0 Å². The number of phenols is 1. The number of rotatable bonds is 7. The van der Waals surface area contributed by atoms with Gasteiger partial charge in [-0.1, -0.05) is 6.92 Å². The van der Waals surface area contributed by atoms with Gasteiger partial charge in [0.05, 0.1) is 19.9 Å². The van der Waals surface area contributed by atoms with Crippen molar-refractivity contribution in [1.82, 2.24) is 5.43 Å². The lowest BCUT2D eigenvalue weighted by atomic mass is 10.2. The van der Waals surface area contributed by atoms with Gasteiger partial charge in [-0.25, -0.2) is 5.43 Å². The zero-order valence-corrected chi connectivity index (χ0v) is 13.7. The molecule has 2 aromatic rings. The number of amides is 1. The number of ether oxygens (including phenoxy) is 2. The Labute approximate surface area is 140 Å². The lowest BCUT2D eigenvalue weighted by Crippen LogP contribution is -2.17. The number of hydrogen-bond acceptors (Lipinski definition) is 5. The van der Waals surface area contributed by atoms with Crippen molar-refractivity contribution in [1.29, 1.82) is 0 Å². The Kier molecular flexibility index (Phi) is 6.19. The van der Waals surface area contributed by atoms with Gasteiger partial charge >= 0.3 is 0 Å². The number of hydrogen-bond donors (Lipinski definition) is 2. The number of phenolic OH excluding ortho intramolecular Hbond substituents is 1. The van der Waals surface area contributed by atoms with Gasteiger partial charge in [-0.2, -0.15) is 5.10 Å². The summed E-state index contributed by atoms with van der Waals surface area (Å²) < 4.78 is 10.5. The van der Waals surface area contributed by atoms with Gasteiger partial charge in [0, 0.05) is 5.56 Å². The average molecular weight is 328 g/mol. The first-order chi connectivity index (χ1) is 11.6. The van der Waals surface area contributed by atoms with Crippen LogP contribution >= 0.6 is 0 Å². The Morgan fingerprint density at radius 2 is 2.00 bits per heavy atom. The summed E-state index contributed by atoms with van der Waals surface area (Å²) in [4.78, 5) is 12.0. The number of nitrogens with zero attached hydrogens (tertiary/aromatic N) is 1. The summed E-state index contributed by atoms with van der Waals surface area (Å²) in [5.74, 6) is 0.795. The second-order valence-electron chi connectivity index (χ2n) is 5.00. The SMILES string of the molecule is CCCOc1ccc(C(=O)N/N=C\c2ccc(O)c(OC)c2)cc1. The highest BCUT2D eigenvalue weighted by molar-refractivity contribution is 5.95. The van der Waals surface area contributed by atoms with E-state index in [-0.39, 0.29) is 11.7 Å². The molecule has 126 valence electrons. The van der Waals surface area contributed by atoms with Crippen LogP contribution in [0.15, 0.2) is 47.6 Å². The van der Waals surface area contributed by atoms with Crippen molar-refractivity contribution < 1.29 is 19.4 Å². The fourth-order valence-electron chi connectivity index (χ4n) is 1.93. The zero-order valence-electron chi connectivity index (χ0n) is 13.7. The standard InChI is InChI=1S/C18H20N2O4/c1-3-10-24-15-7-5-14(6-8-15)18(22)20-19-12-13-4-9-16(21)17(11-13)23-2/h4-9,11-12,21H,3,10H2,1-2H3,(H,20,22)/b19-12-. The van der Waals surface area contributed by atoms with Crippen LogP contribution in [-0.2, 0) is 0 Å². The molecular formula is C18H20N2O4. The molecule has 0 unspecified atom stereocenters. The van der Waals surface area contributed by atoms with Crippen molar-refractivity contribution in [2.45, 2.75) is 13.3 Å². The van der Waals surface area contributed by atoms with E-state index in [0.29, 0.717) is 23.5 Å². The highest BCUT2D eigenvalue weighted by Crippen LogP contribution is 2.25. The predicted molar refractivity (Wildman–Crippen MR) is 91.9 cm³/mol. The van der Waals surface area contributed by atoms with Crippen molar-refractivity contribution >= 4 is 12.1 Å². The molecule has 0 aliphatic heterocycles. The number of hydrazone groups is 1. The summed E-state index contributed by atoms with van der Waals surface area (Å²) >= 11 is 0. The van der Waals surface area contributed by atoms with Gasteiger partial charge in [-0.3, -0.25) is 4.79 Å². The van der Waals surface area contributed by atoms with Crippen molar-refractivity contribution in [3.05, 3.63) is 53.6 Å². The van der Waals surface area contributed by atoms with Gasteiger partial charge in [0.15, 0.2) is 11.5 Å². The second kappa shape index (κ2) is 8.57. The topological polar surface area (TPSA) is 80.2 Å². The number of carbonyl (C=O) groups excluding carboxylic acids is 1. The van der Waals surface area contributed by atoms with Crippen LogP contribution in [-0.4, -0.2) is 30.9 Å². The van der Waals surface area contributed by atoms with Gasteiger partial charge < -0.3 is 14.6 Å². The van der Waals surface area contributed by atoms with E-state index < -0.39 is 0 Å². The van der Waals surface area contributed by atoms with Crippen LogP contribution in [0.25, 0.3) is 0 Å².